The van der Waals surface area contributed by atoms with Gasteiger partial charge in [0.25, 0.3) is 10.1 Å². The van der Waals surface area contributed by atoms with E-state index in [0.29, 0.717) is 13.0 Å². The van der Waals surface area contributed by atoms with E-state index in [2.05, 4.69) is 4.98 Å². The van der Waals surface area contributed by atoms with Crippen LogP contribution in [0.1, 0.15) is 11.3 Å². The van der Waals surface area contributed by atoms with E-state index in [1.54, 1.807) is 0 Å². The molecule has 0 aliphatic heterocycles. The summed E-state index contributed by atoms with van der Waals surface area (Å²) in [6.45, 7) is 0.520. The summed E-state index contributed by atoms with van der Waals surface area (Å²) in [5, 5.41) is 3.23. The predicted octanol–water partition coefficient (Wildman–Crippen LogP) is 4.49. The number of aromatic nitrogens is 1. The van der Waals surface area contributed by atoms with Gasteiger partial charge in [0.1, 0.15) is 12.4 Å². The molecule has 0 N–H and O–H groups in total. The van der Waals surface area contributed by atoms with Gasteiger partial charge >= 0.3 is 0 Å². The second kappa shape index (κ2) is 8.19. The van der Waals surface area contributed by atoms with Crippen molar-refractivity contribution in [3.63, 3.8) is 0 Å². The molecular formula is C23H21NO4S. The molecule has 4 aromatic rings. The van der Waals surface area contributed by atoms with E-state index < -0.39 is 10.1 Å². The Morgan fingerprint density at radius 1 is 0.862 bits per heavy atom. The minimum Gasteiger partial charge on any atom is -0.487 e. The molecule has 1 aromatic heterocycles. The molecule has 0 saturated heterocycles. The molecule has 0 radical (unpaired) electrons. The van der Waals surface area contributed by atoms with Crippen LogP contribution in [0.5, 0.6) is 5.75 Å². The van der Waals surface area contributed by atoms with Crippen molar-refractivity contribution in [1.82, 2.24) is 4.98 Å². The Hall–Kier alpha value is -2.96. The molecule has 6 heteroatoms. The normalized spacial score (nSPS) is 11.8. The van der Waals surface area contributed by atoms with E-state index in [1.807, 2.05) is 72.8 Å². The number of para-hydroxylation sites is 1. The van der Waals surface area contributed by atoms with Gasteiger partial charge in [0.15, 0.2) is 0 Å². The van der Waals surface area contributed by atoms with Crippen LogP contribution in [0.2, 0.25) is 0 Å². The van der Waals surface area contributed by atoms with Gasteiger partial charge in [-0.15, -0.1) is 0 Å². The van der Waals surface area contributed by atoms with Crippen LogP contribution in [0, 0.1) is 0 Å². The van der Waals surface area contributed by atoms with Gasteiger partial charge in [-0.05, 0) is 47.0 Å². The largest absolute Gasteiger partial charge is 0.487 e. The number of ether oxygens (including phenoxy) is 1. The molecule has 0 aliphatic carbocycles. The Morgan fingerprint density at radius 3 is 2.52 bits per heavy atom. The van der Waals surface area contributed by atoms with Crippen molar-refractivity contribution in [2.24, 2.45) is 0 Å². The first-order chi connectivity index (χ1) is 14.0. The third-order valence-electron chi connectivity index (χ3n) is 4.61. The van der Waals surface area contributed by atoms with Crippen molar-refractivity contribution in [3.8, 4) is 5.75 Å². The highest BCUT2D eigenvalue weighted by Gasteiger charge is 2.05. The summed E-state index contributed by atoms with van der Waals surface area (Å²) < 4.78 is 33.0. The number of fused-ring (bicyclic) bond motifs is 2. The third kappa shape index (κ3) is 5.10. The topological polar surface area (TPSA) is 65.5 Å². The summed E-state index contributed by atoms with van der Waals surface area (Å²) in [4.78, 5) is 4.63. The Labute approximate surface area is 170 Å². The standard InChI is InChI=1S/C23H21NO4S/c1-29(25,26)28-13-12-17-6-7-18-9-11-22(15-20(18)14-17)27-16-21-10-8-19-4-2-3-5-23(19)24-21/h2-11,14-15H,12-13,16H2,1H3. The van der Waals surface area contributed by atoms with Crippen LogP contribution in [0.25, 0.3) is 21.7 Å². The van der Waals surface area contributed by atoms with Crippen molar-refractivity contribution in [1.29, 1.82) is 0 Å². The first kappa shape index (κ1) is 19.4. The molecule has 5 nitrogen and oxygen atoms in total. The highest BCUT2D eigenvalue weighted by molar-refractivity contribution is 7.85. The first-order valence-electron chi connectivity index (χ1n) is 9.31. The maximum atomic E-state index is 11.1. The molecule has 0 saturated carbocycles. The second-order valence-corrected chi connectivity index (χ2v) is 8.55. The maximum Gasteiger partial charge on any atom is 0.264 e. The van der Waals surface area contributed by atoms with Gasteiger partial charge in [0.2, 0.25) is 0 Å². The summed E-state index contributed by atoms with van der Waals surface area (Å²) in [6.07, 6.45) is 1.58. The fraction of sp³-hybridized carbons (Fsp3) is 0.174. The zero-order chi connectivity index (χ0) is 20.3. The van der Waals surface area contributed by atoms with Gasteiger partial charge in [-0.1, -0.05) is 48.5 Å². The van der Waals surface area contributed by atoms with Gasteiger partial charge in [0, 0.05) is 5.39 Å². The molecule has 0 bridgehead atoms. The van der Waals surface area contributed by atoms with E-state index in [4.69, 9.17) is 8.92 Å². The molecule has 148 valence electrons. The van der Waals surface area contributed by atoms with Crippen molar-refractivity contribution in [3.05, 3.63) is 84.1 Å². The molecule has 29 heavy (non-hydrogen) atoms. The Balaban J connectivity index is 1.46. The van der Waals surface area contributed by atoms with Gasteiger partial charge in [-0.3, -0.25) is 4.18 Å². The second-order valence-electron chi connectivity index (χ2n) is 6.90. The summed E-state index contributed by atoms with van der Waals surface area (Å²) in [7, 11) is -3.42. The van der Waals surface area contributed by atoms with Crippen LogP contribution >= 0.6 is 0 Å². The van der Waals surface area contributed by atoms with Gasteiger partial charge in [-0.25, -0.2) is 4.98 Å². The molecule has 0 amide bonds. The van der Waals surface area contributed by atoms with Crippen LogP contribution in [0.3, 0.4) is 0 Å². The molecule has 0 atom stereocenters. The predicted molar refractivity (Wildman–Crippen MR) is 115 cm³/mol. The molecule has 0 unspecified atom stereocenters. The van der Waals surface area contributed by atoms with Crippen LogP contribution in [0.4, 0.5) is 0 Å². The zero-order valence-corrected chi connectivity index (χ0v) is 16.9. The highest BCUT2D eigenvalue weighted by atomic mass is 32.2. The lowest BCUT2D eigenvalue weighted by Gasteiger charge is -2.09. The molecule has 3 aromatic carbocycles. The SMILES string of the molecule is CS(=O)(=O)OCCc1ccc2ccc(OCc3ccc4ccccc4n3)cc2c1. The van der Waals surface area contributed by atoms with Crippen molar-refractivity contribution in [2.45, 2.75) is 13.0 Å². The van der Waals surface area contributed by atoms with Crippen molar-refractivity contribution < 1.29 is 17.3 Å². The average Bonchev–Trinajstić information content (AvgIpc) is 2.71. The van der Waals surface area contributed by atoms with Crippen LogP contribution in [-0.2, 0) is 27.3 Å². The quantitative estimate of drug-likeness (QED) is 0.423. The number of nitrogens with zero attached hydrogens (tertiary/aromatic N) is 1. The smallest absolute Gasteiger partial charge is 0.264 e. The molecule has 0 spiro atoms. The first-order valence-corrected chi connectivity index (χ1v) is 11.1. The molecule has 1 heterocycles. The average molecular weight is 407 g/mol. The summed E-state index contributed by atoms with van der Waals surface area (Å²) in [5.41, 5.74) is 2.83. The number of hydrogen-bond donors (Lipinski definition) is 0. The highest BCUT2D eigenvalue weighted by Crippen LogP contribution is 2.23. The molecule has 0 fully saturated rings. The van der Waals surface area contributed by atoms with Gasteiger partial charge in [0.05, 0.1) is 24.1 Å². The van der Waals surface area contributed by atoms with Gasteiger partial charge in [-0.2, -0.15) is 8.42 Å². The minimum atomic E-state index is -3.42. The molecule has 4 rings (SSSR count). The van der Waals surface area contributed by atoms with Crippen molar-refractivity contribution >= 4 is 31.8 Å². The number of rotatable bonds is 7. The fourth-order valence-corrected chi connectivity index (χ4v) is 3.56. The monoisotopic (exact) mass is 407 g/mol. The summed E-state index contributed by atoms with van der Waals surface area (Å²) in [5.74, 6) is 0.761. The van der Waals surface area contributed by atoms with Crippen molar-refractivity contribution in [2.75, 3.05) is 12.9 Å². The van der Waals surface area contributed by atoms with E-state index in [0.717, 1.165) is 44.9 Å². The number of hydrogen-bond acceptors (Lipinski definition) is 5. The lowest BCUT2D eigenvalue weighted by molar-refractivity contribution is 0.302. The molecular weight excluding hydrogens is 386 g/mol. The third-order valence-corrected chi connectivity index (χ3v) is 5.20. The van der Waals surface area contributed by atoms with E-state index >= 15 is 0 Å². The lowest BCUT2D eigenvalue weighted by atomic mass is 10.1. The van der Waals surface area contributed by atoms with Gasteiger partial charge < -0.3 is 4.74 Å². The Kier molecular flexibility index (Phi) is 5.47. The van der Waals surface area contributed by atoms with Crippen LogP contribution < -0.4 is 4.74 Å². The lowest BCUT2D eigenvalue weighted by Crippen LogP contribution is -2.06. The Morgan fingerprint density at radius 2 is 1.66 bits per heavy atom. The van der Waals surface area contributed by atoms with E-state index in [-0.39, 0.29) is 6.61 Å². The van der Waals surface area contributed by atoms with E-state index in [1.165, 1.54) is 0 Å². The summed E-state index contributed by atoms with van der Waals surface area (Å²) >= 11 is 0. The fourth-order valence-electron chi connectivity index (χ4n) is 3.18. The van der Waals surface area contributed by atoms with Crippen LogP contribution in [0.15, 0.2) is 72.8 Å². The minimum absolute atomic E-state index is 0.133. The number of benzene rings is 3. The molecule has 0 aliphatic rings. The van der Waals surface area contributed by atoms with E-state index in [9.17, 15) is 8.42 Å². The van der Waals surface area contributed by atoms with Crippen LogP contribution in [-0.4, -0.2) is 26.3 Å². The Bertz CT molecular complexity index is 1270. The summed E-state index contributed by atoms with van der Waals surface area (Å²) in [6, 6.07) is 24.0. The number of pyridine rings is 1. The maximum absolute atomic E-state index is 11.1. The zero-order valence-electron chi connectivity index (χ0n) is 16.0.